The minimum atomic E-state index is 0.564. The minimum absolute atomic E-state index is 0.564. The summed E-state index contributed by atoms with van der Waals surface area (Å²) in [6, 6.07) is 4.22. The van der Waals surface area contributed by atoms with Crippen LogP contribution in [0.15, 0.2) is 17.2 Å². The van der Waals surface area contributed by atoms with Crippen molar-refractivity contribution in [2.45, 2.75) is 0 Å². The highest BCUT2D eigenvalue weighted by atomic mass is 32.1. The van der Waals surface area contributed by atoms with Gasteiger partial charge in [0.25, 0.3) is 0 Å². The molecule has 2 saturated heterocycles. The predicted octanol–water partition coefficient (Wildman–Crippen LogP) is -0.702. The van der Waals surface area contributed by atoms with Crippen molar-refractivity contribution in [1.82, 2.24) is 10.7 Å². The summed E-state index contributed by atoms with van der Waals surface area (Å²) in [5.74, 6) is 0. The molecule has 2 aliphatic heterocycles. The first-order valence-electron chi connectivity index (χ1n) is 8.72. The van der Waals surface area contributed by atoms with E-state index in [1.54, 1.807) is 16.2 Å². The Morgan fingerprint density at radius 1 is 1.24 bits per heavy atom. The van der Waals surface area contributed by atoms with Crippen molar-refractivity contribution >= 4 is 39.9 Å². The monoisotopic (exact) mass is 384 g/mol. The summed E-state index contributed by atoms with van der Waals surface area (Å²) in [7, 11) is 0. The van der Waals surface area contributed by atoms with Gasteiger partial charge in [-0.3, -0.25) is 5.43 Å². The normalized spacial score (nSPS) is 19.3. The molecule has 0 saturated carbocycles. The number of rotatable bonds is 6. The summed E-state index contributed by atoms with van der Waals surface area (Å²) in [6.45, 7) is 9.26. The summed E-state index contributed by atoms with van der Waals surface area (Å²) in [4.78, 5) is 5.01. The fraction of sp³-hybridized carbons (Fsp3) is 0.625. The van der Waals surface area contributed by atoms with E-state index in [1.807, 2.05) is 6.21 Å². The quantitative estimate of drug-likeness (QED) is 0.343. The lowest BCUT2D eigenvalue weighted by molar-refractivity contribution is -0.906. The Balaban J connectivity index is 1.34. The topological polar surface area (TPSA) is 62.6 Å². The van der Waals surface area contributed by atoms with Gasteiger partial charge in [-0.1, -0.05) is 0 Å². The Labute approximate surface area is 158 Å². The molecular weight excluding hydrogens is 358 g/mol. The molecule has 1 aromatic rings. The number of nitrogens with zero attached hydrogens (tertiary/aromatic N) is 2. The molecule has 1 aromatic heterocycles. The van der Waals surface area contributed by atoms with Crippen molar-refractivity contribution in [2.24, 2.45) is 5.10 Å². The molecule has 3 N–H and O–H groups in total. The second-order valence-electron chi connectivity index (χ2n) is 6.01. The molecular formula is C16H26N5O2S2+. The van der Waals surface area contributed by atoms with Gasteiger partial charge < -0.3 is 24.6 Å². The first kappa shape index (κ1) is 18.5. The molecule has 0 aromatic carbocycles. The van der Waals surface area contributed by atoms with Crippen LogP contribution in [0.5, 0.6) is 0 Å². The van der Waals surface area contributed by atoms with Gasteiger partial charge in [0.1, 0.15) is 13.1 Å². The highest BCUT2D eigenvalue weighted by Crippen LogP contribution is 2.25. The highest BCUT2D eigenvalue weighted by molar-refractivity contribution is 7.80. The largest absolute Gasteiger partial charge is 0.378 e. The second kappa shape index (κ2) is 10.0. The lowest BCUT2D eigenvalue weighted by Gasteiger charge is -2.27. The van der Waals surface area contributed by atoms with E-state index in [0.717, 1.165) is 70.6 Å². The molecule has 3 rings (SSSR count). The molecule has 138 valence electrons. The molecule has 9 heteroatoms. The van der Waals surface area contributed by atoms with E-state index in [-0.39, 0.29) is 0 Å². The van der Waals surface area contributed by atoms with Crippen LogP contribution in [-0.2, 0) is 9.47 Å². The van der Waals surface area contributed by atoms with Crippen molar-refractivity contribution in [3.8, 4) is 0 Å². The van der Waals surface area contributed by atoms with E-state index >= 15 is 0 Å². The average Bonchev–Trinajstić information content (AvgIpc) is 3.12. The van der Waals surface area contributed by atoms with Crippen LogP contribution in [0.3, 0.4) is 0 Å². The summed E-state index contributed by atoms with van der Waals surface area (Å²) in [5.41, 5.74) is 2.89. The Kier molecular flexibility index (Phi) is 7.43. The number of nitrogens with one attached hydrogen (secondary N) is 3. The SMILES string of the molecule is S=C(NCC[NH+]1CCOCC1)N/N=C\c1ccc(N2CCOCC2)s1. The summed E-state index contributed by atoms with van der Waals surface area (Å²) in [6.07, 6.45) is 1.82. The Morgan fingerprint density at radius 2 is 2.00 bits per heavy atom. The number of hydrazone groups is 1. The molecule has 0 spiro atoms. The zero-order chi connectivity index (χ0) is 17.3. The van der Waals surface area contributed by atoms with Crippen molar-refractivity contribution in [1.29, 1.82) is 0 Å². The lowest BCUT2D eigenvalue weighted by Crippen LogP contribution is -3.14. The van der Waals surface area contributed by atoms with Crippen molar-refractivity contribution < 1.29 is 14.4 Å². The van der Waals surface area contributed by atoms with Crippen LogP contribution >= 0.6 is 23.6 Å². The van der Waals surface area contributed by atoms with Gasteiger partial charge in [0.15, 0.2) is 5.11 Å². The molecule has 2 aliphatic rings. The Hall–Kier alpha value is -1.26. The van der Waals surface area contributed by atoms with Crippen LogP contribution in [-0.4, -0.2) is 77.0 Å². The second-order valence-corrected chi connectivity index (χ2v) is 7.52. The summed E-state index contributed by atoms with van der Waals surface area (Å²) in [5, 5.41) is 9.25. The van der Waals surface area contributed by atoms with Crippen molar-refractivity contribution in [3.05, 3.63) is 17.0 Å². The van der Waals surface area contributed by atoms with Crippen LogP contribution < -0.4 is 20.5 Å². The zero-order valence-electron chi connectivity index (χ0n) is 14.3. The number of ether oxygens (including phenoxy) is 2. The Morgan fingerprint density at radius 3 is 2.80 bits per heavy atom. The van der Waals surface area contributed by atoms with E-state index in [9.17, 15) is 0 Å². The number of quaternary nitrogens is 1. The third-order valence-corrected chi connectivity index (χ3v) is 5.57. The number of hydrogen-bond acceptors (Lipinski definition) is 6. The van der Waals surface area contributed by atoms with Gasteiger partial charge in [-0.2, -0.15) is 5.10 Å². The molecule has 0 atom stereocenters. The smallest absolute Gasteiger partial charge is 0.187 e. The molecule has 0 radical (unpaired) electrons. The molecule has 25 heavy (non-hydrogen) atoms. The maximum absolute atomic E-state index is 5.39. The molecule has 0 bridgehead atoms. The van der Waals surface area contributed by atoms with Crippen LogP contribution in [0.4, 0.5) is 5.00 Å². The number of thiophene rings is 1. The third kappa shape index (κ3) is 6.19. The number of morpholine rings is 2. The first-order valence-corrected chi connectivity index (χ1v) is 9.94. The van der Waals surface area contributed by atoms with Gasteiger partial charge >= 0.3 is 0 Å². The van der Waals surface area contributed by atoms with Gasteiger partial charge in [0.2, 0.25) is 0 Å². The van der Waals surface area contributed by atoms with Crippen molar-refractivity contribution in [3.63, 3.8) is 0 Å². The molecule has 7 nitrogen and oxygen atoms in total. The van der Waals surface area contributed by atoms with Crippen molar-refractivity contribution in [2.75, 3.05) is 70.6 Å². The van der Waals surface area contributed by atoms with Crippen LogP contribution in [0.2, 0.25) is 0 Å². The lowest BCUT2D eigenvalue weighted by atomic mass is 10.4. The average molecular weight is 385 g/mol. The van der Waals surface area contributed by atoms with Crippen LogP contribution in [0, 0.1) is 0 Å². The van der Waals surface area contributed by atoms with Gasteiger partial charge in [0, 0.05) is 18.0 Å². The highest BCUT2D eigenvalue weighted by Gasteiger charge is 2.13. The minimum Gasteiger partial charge on any atom is -0.378 e. The van der Waals surface area contributed by atoms with Crippen LogP contribution in [0.1, 0.15) is 4.88 Å². The van der Waals surface area contributed by atoms with Gasteiger partial charge in [0.05, 0.1) is 50.7 Å². The number of thiocarbonyl (C=S) groups is 1. The van der Waals surface area contributed by atoms with E-state index < -0.39 is 0 Å². The number of hydrogen-bond donors (Lipinski definition) is 3. The molecule has 0 aliphatic carbocycles. The molecule has 2 fully saturated rings. The summed E-state index contributed by atoms with van der Waals surface area (Å²) >= 11 is 6.99. The van der Waals surface area contributed by atoms with E-state index in [0.29, 0.717) is 5.11 Å². The third-order valence-electron chi connectivity index (χ3n) is 4.26. The van der Waals surface area contributed by atoms with E-state index in [1.165, 1.54) is 5.00 Å². The summed E-state index contributed by atoms with van der Waals surface area (Å²) < 4.78 is 10.7. The maximum atomic E-state index is 5.39. The van der Waals surface area contributed by atoms with E-state index in [4.69, 9.17) is 21.7 Å². The molecule has 0 unspecified atom stereocenters. The fourth-order valence-corrected chi connectivity index (χ4v) is 3.91. The van der Waals surface area contributed by atoms with Gasteiger partial charge in [-0.15, -0.1) is 11.3 Å². The predicted molar refractivity (Wildman–Crippen MR) is 105 cm³/mol. The Bertz CT molecular complexity index is 569. The number of anilines is 1. The van der Waals surface area contributed by atoms with Crippen LogP contribution in [0.25, 0.3) is 0 Å². The fourth-order valence-electron chi connectivity index (χ4n) is 2.82. The van der Waals surface area contributed by atoms with Gasteiger partial charge in [-0.25, -0.2) is 0 Å². The zero-order valence-corrected chi connectivity index (χ0v) is 16.0. The van der Waals surface area contributed by atoms with E-state index in [2.05, 4.69) is 32.9 Å². The van der Waals surface area contributed by atoms with Gasteiger partial charge in [-0.05, 0) is 24.4 Å². The first-order chi connectivity index (χ1) is 12.3. The molecule has 0 amide bonds. The standard InChI is InChI=1S/C16H25N5O2S2/c24-16(17-3-4-20-5-9-22-10-6-20)19-18-13-14-1-2-15(25-14)21-7-11-23-12-8-21/h1-2,13H,3-12H2,(H2,17,19,24)/p+1/b18-13-. The molecule has 3 heterocycles. The maximum Gasteiger partial charge on any atom is 0.187 e.